The maximum Gasteiger partial charge on any atom is 0.293 e. The summed E-state index contributed by atoms with van der Waals surface area (Å²) in [5, 5.41) is 10.4. The average Bonchev–Trinajstić information content (AvgIpc) is 2.95. The molecule has 6 heteroatoms. The lowest BCUT2D eigenvalue weighted by atomic mass is 9.78. The third-order valence-electron chi connectivity index (χ3n) is 5.32. The highest BCUT2D eigenvalue weighted by Crippen LogP contribution is 2.41. The van der Waals surface area contributed by atoms with Gasteiger partial charge in [0.2, 0.25) is 0 Å². The van der Waals surface area contributed by atoms with E-state index < -0.39 is 11.1 Å². The van der Waals surface area contributed by atoms with Gasteiger partial charge in [0.25, 0.3) is 11.1 Å². The number of carbonyl (C=O) groups excluding carboxylic acids is 3. The van der Waals surface area contributed by atoms with Gasteiger partial charge in [-0.2, -0.15) is 0 Å². The number of phenolic OH excluding ortho intramolecular Hbond substituents is 1. The summed E-state index contributed by atoms with van der Waals surface area (Å²) in [5.41, 5.74) is 2.12. The number of imide groups is 1. The molecule has 0 unspecified atom stereocenters. The number of hydrogen-bond acceptors (Lipinski definition) is 5. The van der Waals surface area contributed by atoms with Crippen LogP contribution in [0, 0.1) is 0 Å². The lowest BCUT2D eigenvalue weighted by Crippen LogP contribution is -2.33. The highest BCUT2D eigenvalue weighted by Gasteiger charge is 2.36. The Morgan fingerprint density at radius 2 is 1.50 bits per heavy atom. The molecule has 5 nitrogen and oxygen atoms in total. The van der Waals surface area contributed by atoms with E-state index in [1.165, 1.54) is 0 Å². The van der Waals surface area contributed by atoms with Crippen molar-refractivity contribution in [3.63, 3.8) is 0 Å². The summed E-state index contributed by atoms with van der Waals surface area (Å²) in [5.74, 6) is -0.514. The van der Waals surface area contributed by atoms with Crippen molar-refractivity contribution in [3.8, 4) is 5.75 Å². The number of carbonyl (C=O) groups is 3. The average molecular weight is 452 g/mol. The van der Waals surface area contributed by atoms with Gasteiger partial charge in [0.15, 0.2) is 5.78 Å². The summed E-state index contributed by atoms with van der Waals surface area (Å²) in [7, 11) is 0. The fourth-order valence-electron chi connectivity index (χ4n) is 3.53. The van der Waals surface area contributed by atoms with Crippen LogP contribution in [0.25, 0.3) is 6.08 Å². The van der Waals surface area contributed by atoms with E-state index in [0.29, 0.717) is 5.56 Å². The molecule has 2 aromatic rings. The summed E-state index contributed by atoms with van der Waals surface area (Å²) < 4.78 is 0. The highest BCUT2D eigenvalue weighted by molar-refractivity contribution is 8.18. The van der Waals surface area contributed by atoms with E-state index in [2.05, 4.69) is 0 Å². The lowest BCUT2D eigenvalue weighted by Gasteiger charge is -2.28. The van der Waals surface area contributed by atoms with Gasteiger partial charge >= 0.3 is 0 Å². The molecule has 2 amide bonds. The van der Waals surface area contributed by atoms with Crippen LogP contribution in [-0.4, -0.2) is 33.5 Å². The molecule has 168 valence electrons. The van der Waals surface area contributed by atoms with Gasteiger partial charge in [-0.3, -0.25) is 19.3 Å². The van der Waals surface area contributed by atoms with Crippen molar-refractivity contribution >= 4 is 34.8 Å². The van der Waals surface area contributed by atoms with E-state index in [1.54, 1.807) is 36.4 Å². The second kappa shape index (κ2) is 8.58. The standard InChI is InChI=1S/C26H29NO4S/c1-25(2,3)18-12-16(13-19(22(18)29)26(4,5)6)14-21-23(30)27(24(31)32-21)15-20(28)17-10-8-7-9-11-17/h7-14,29H,15H2,1-6H3/b21-14-. The van der Waals surface area contributed by atoms with Crippen LogP contribution in [0.5, 0.6) is 5.75 Å². The van der Waals surface area contributed by atoms with Gasteiger partial charge in [-0.1, -0.05) is 71.9 Å². The molecule has 3 rings (SSSR count). The normalized spacial score (nSPS) is 16.2. The van der Waals surface area contributed by atoms with Crippen molar-refractivity contribution in [2.24, 2.45) is 0 Å². The molecule has 0 bridgehead atoms. The van der Waals surface area contributed by atoms with E-state index in [9.17, 15) is 19.5 Å². The minimum atomic E-state index is -0.480. The highest BCUT2D eigenvalue weighted by atomic mass is 32.2. The van der Waals surface area contributed by atoms with Crippen LogP contribution >= 0.6 is 11.8 Å². The molecule has 2 aromatic carbocycles. The third kappa shape index (κ3) is 4.96. The summed E-state index contributed by atoms with van der Waals surface area (Å²) >= 11 is 0.829. The van der Waals surface area contributed by atoms with Gasteiger partial charge in [-0.05, 0) is 46.4 Å². The first-order valence-electron chi connectivity index (χ1n) is 10.5. The lowest BCUT2D eigenvalue weighted by molar-refractivity contribution is -0.122. The molecule has 0 atom stereocenters. The Morgan fingerprint density at radius 3 is 2.00 bits per heavy atom. The summed E-state index contributed by atoms with van der Waals surface area (Å²) in [6.07, 6.45) is 1.67. The van der Waals surface area contributed by atoms with Crippen LogP contribution < -0.4 is 0 Å². The SMILES string of the molecule is CC(C)(C)c1cc(/C=C2\SC(=O)N(CC(=O)c3ccccc3)C2=O)cc(C(C)(C)C)c1O. The Bertz CT molecular complexity index is 1070. The Kier molecular flexibility index (Phi) is 6.38. The van der Waals surface area contributed by atoms with Crippen molar-refractivity contribution in [2.45, 2.75) is 52.4 Å². The smallest absolute Gasteiger partial charge is 0.293 e. The van der Waals surface area contributed by atoms with Gasteiger partial charge in [-0.25, -0.2) is 0 Å². The predicted molar refractivity (Wildman–Crippen MR) is 129 cm³/mol. The Morgan fingerprint density at radius 1 is 0.969 bits per heavy atom. The van der Waals surface area contributed by atoms with Gasteiger partial charge in [-0.15, -0.1) is 0 Å². The Hall–Kier alpha value is -2.86. The molecule has 0 aliphatic carbocycles. The molecule has 32 heavy (non-hydrogen) atoms. The van der Waals surface area contributed by atoms with Crippen LogP contribution in [-0.2, 0) is 15.6 Å². The monoisotopic (exact) mass is 451 g/mol. The van der Waals surface area contributed by atoms with Crippen LogP contribution in [0.15, 0.2) is 47.4 Å². The number of ketones is 1. The zero-order valence-corrected chi connectivity index (χ0v) is 20.2. The van der Waals surface area contributed by atoms with Gasteiger partial charge in [0, 0.05) is 16.7 Å². The van der Waals surface area contributed by atoms with E-state index >= 15 is 0 Å². The van der Waals surface area contributed by atoms with Crippen LogP contribution in [0.1, 0.15) is 68.6 Å². The largest absolute Gasteiger partial charge is 0.507 e. The van der Waals surface area contributed by atoms with Gasteiger partial charge in [0.1, 0.15) is 5.75 Å². The summed E-state index contributed by atoms with van der Waals surface area (Å²) in [4.78, 5) is 39.2. The number of amides is 2. The van der Waals surface area contributed by atoms with Crippen molar-refractivity contribution in [1.29, 1.82) is 0 Å². The van der Waals surface area contributed by atoms with Gasteiger partial charge < -0.3 is 5.11 Å². The van der Waals surface area contributed by atoms with Crippen molar-refractivity contribution in [3.05, 3.63) is 69.6 Å². The van der Waals surface area contributed by atoms with E-state index in [1.807, 2.05) is 53.7 Å². The maximum absolute atomic E-state index is 12.9. The molecule has 0 radical (unpaired) electrons. The van der Waals surface area contributed by atoms with Crippen LogP contribution in [0.4, 0.5) is 4.79 Å². The van der Waals surface area contributed by atoms with E-state index in [-0.39, 0.29) is 33.8 Å². The fourth-order valence-corrected chi connectivity index (χ4v) is 4.37. The molecule has 1 fully saturated rings. The number of Topliss-reactive ketones (excluding diaryl/α,β-unsaturated/α-hetero) is 1. The number of thioether (sulfide) groups is 1. The van der Waals surface area contributed by atoms with E-state index in [4.69, 9.17) is 0 Å². The first kappa shape index (κ1) is 23.8. The molecule has 1 saturated heterocycles. The number of rotatable bonds is 4. The van der Waals surface area contributed by atoms with Crippen LogP contribution in [0.2, 0.25) is 0 Å². The quantitative estimate of drug-likeness (QED) is 0.462. The molecule has 1 N–H and O–H groups in total. The molecule has 1 aliphatic rings. The topological polar surface area (TPSA) is 74.7 Å². The summed E-state index contributed by atoms with van der Waals surface area (Å²) in [6, 6.07) is 12.3. The molecular weight excluding hydrogens is 422 g/mol. The Labute approximate surface area is 193 Å². The number of aromatic hydroxyl groups is 1. The molecule has 0 aromatic heterocycles. The van der Waals surface area contributed by atoms with Crippen LogP contribution in [0.3, 0.4) is 0 Å². The second-order valence-corrected chi connectivity index (χ2v) is 11.0. The number of hydrogen-bond donors (Lipinski definition) is 1. The minimum absolute atomic E-state index is 0.253. The van der Waals surface area contributed by atoms with E-state index in [0.717, 1.165) is 33.4 Å². The molecule has 1 aliphatic heterocycles. The Balaban J connectivity index is 1.96. The van der Waals surface area contributed by atoms with Crippen molar-refractivity contribution in [1.82, 2.24) is 4.90 Å². The molecule has 1 heterocycles. The number of benzene rings is 2. The molecule has 0 saturated carbocycles. The second-order valence-electron chi connectivity index (χ2n) is 10.0. The third-order valence-corrected chi connectivity index (χ3v) is 6.22. The maximum atomic E-state index is 12.9. The first-order valence-corrected chi connectivity index (χ1v) is 11.3. The zero-order chi connectivity index (χ0) is 23.8. The van der Waals surface area contributed by atoms with Gasteiger partial charge in [0.05, 0.1) is 11.4 Å². The van der Waals surface area contributed by atoms with Crippen molar-refractivity contribution in [2.75, 3.05) is 6.54 Å². The molecule has 0 spiro atoms. The minimum Gasteiger partial charge on any atom is -0.507 e. The number of nitrogens with zero attached hydrogens (tertiary/aromatic N) is 1. The zero-order valence-electron chi connectivity index (χ0n) is 19.4. The summed E-state index contributed by atoms with van der Waals surface area (Å²) in [6.45, 7) is 11.8. The number of phenols is 1. The fraction of sp³-hybridized carbons (Fsp3) is 0.346. The molecular formula is C26H29NO4S. The first-order chi connectivity index (χ1) is 14.8. The van der Waals surface area contributed by atoms with Crippen molar-refractivity contribution < 1.29 is 19.5 Å². The predicted octanol–water partition coefficient (Wildman–Crippen LogP) is 5.91.